The lowest BCUT2D eigenvalue weighted by molar-refractivity contribution is 0.0699. The van der Waals surface area contributed by atoms with Gasteiger partial charge in [0.1, 0.15) is 6.61 Å². The average molecular weight is 276 g/mol. The van der Waals surface area contributed by atoms with Crippen molar-refractivity contribution in [3.8, 4) is 0 Å². The lowest BCUT2D eigenvalue weighted by Gasteiger charge is -2.09. The van der Waals surface area contributed by atoms with Gasteiger partial charge in [0, 0.05) is 5.22 Å². The maximum absolute atomic E-state index is 11.4. The highest BCUT2D eigenvalue weighted by Crippen LogP contribution is 2.25. The highest BCUT2D eigenvalue weighted by molar-refractivity contribution is 6.13. The minimum Gasteiger partial charge on any atom is -0.496 e. The highest BCUT2D eigenvalue weighted by Gasteiger charge is 2.10. The van der Waals surface area contributed by atoms with Gasteiger partial charge in [-0.3, -0.25) is 0 Å². The Morgan fingerprint density at radius 1 is 0.952 bits per heavy atom. The van der Waals surface area contributed by atoms with Crippen molar-refractivity contribution in [2.75, 3.05) is 6.61 Å². The first-order chi connectivity index (χ1) is 10.3. The third kappa shape index (κ3) is 1.71. The molecule has 0 fully saturated rings. The zero-order valence-corrected chi connectivity index (χ0v) is 11.2. The van der Waals surface area contributed by atoms with E-state index in [2.05, 4.69) is 12.1 Å². The summed E-state index contributed by atoms with van der Waals surface area (Å²) in [5.41, 5.74) is 0.332. The molecule has 3 aromatic carbocycles. The van der Waals surface area contributed by atoms with Crippen LogP contribution in [0.4, 0.5) is 0 Å². The number of ether oxygens (including phenoxy) is 1. The molecule has 0 atom stereocenters. The summed E-state index contributed by atoms with van der Waals surface area (Å²) in [4.78, 5) is 11.4. The van der Waals surface area contributed by atoms with Crippen LogP contribution >= 0.6 is 0 Å². The molecule has 0 aliphatic carbocycles. The van der Waals surface area contributed by atoms with Crippen molar-refractivity contribution in [1.29, 1.82) is 0 Å². The molecule has 0 saturated carbocycles. The maximum atomic E-state index is 11.4. The molecule has 1 aliphatic heterocycles. The predicted octanol–water partition coefficient (Wildman–Crippen LogP) is 2.24. The van der Waals surface area contributed by atoms with Crippen LogP contribution in [0.3, 0.4) is 0 Å². The zero-order chi connectivity index (χ0) is 14.4. The van der Waals surface area contributed by atoms with E-state index >= 15 is 0 Å². The van der Waals surface area contributed by atoms with Crippen LogP contribution in [0, 0.1) is 0 Å². The molecular formula is C18H12O3. The van der Waals surface area contributed by atoms with Crippen LogP contribution in [0.25, 0.3) is 33.9 Å². The molecule has 1 heterocycles. The van der Waals surface area contributed by atoms with E-state index in [9.17, 15) is 9.90 Å². The number of carboxylic acids is 1. The first-order valence-electron chi connectivity index (χ1n) is 6.75. The van der Waals surface area contributed by atoms with Crippen LogP contribution in [-0.2, 0) is 4.74 Å². The van der Waals surface area contributed by atoms with Crippen LogP contribution in [0.1, 0.15) is 10.4 Å². The topological polar surface area (TPSA) is 46.5 Å². The van der Waals surface area contributed by atoms with Gasteiger partial charge >= 0.3 is 5.97 Å². The van der Waals surface area contributed by atoms with Crippen LogP contribution < -0.4 is 10.4 Å². The summed E-state index contributed by atoms with van der Waals surface area (Å²) in [5.74, 6) is -0.902. The van der Waals surface area contributed by atoms with Gasteiger partial charge in [0.2, 0.25) is 0 Å². The molecule has 0 spiro atoms. The van der Waals surface area contributed by atoms with Gasteiger partial charge < -0.3 is 9.84 Å². The third-order valence-corrected chi connectivity index (χ3v) is 3.96. The summed E-state index contributed by atoms with van der Waals surface area (Å²) in [6.07, 6.45) is 3.83. The molecule has 0 bridgehead atoms. The first-order valence-corrected chi connectivity index (χ1v) is 6.75. The van der Waals surface area contributed by atoms with E-state index in [4.69, 9.17) is 4.74 Å². The molecule has 21 heavy (non-hydrogen) atoms. The smallest absolute Gasteiger partial charge is 0.336 e. The van der Waals surface area contributed by atoms with Gasteiger partial charge in [0.15, 0.2) is 0 Å². The third-order valence-electron chi connectivity index (χ3n) is 3.96. The fraction of sp³-hybridized carbons (Fsp3) is 0.0556. The highest BCUT2D eigenvalue weighted by atomic mass is 16.5. The molecule has 0 radical (unpaired) electrons. The average Bonchev–Trinajstić information content (AvgIpc) is 2.53. The van der Waals surface area contributed by atoms with E-state index in [1.165, 1.54) is 0 Å². The van der Waals surface area contributed by atoms with E-state index in [0.717, 1.165) is 32.0 Å². The molecule has 102 valence electrons. The summed E-state index contributed by atoms with van der Waals surface area (Å²) >= 11 is 0. The number of hydrogen-bond acceptors (Lipinski definition) is 2. The van der Waals surface area contributed by atoms with E-state index < -0.39 is 5.97 Å². The Morgan fingerprint density at radius 2 is 1.71 bits per heavy atom. The minimum atomic E-state index is -0.902. The fourth-order valence-corrected chi connectivity index (χ4v) is 2.98. The Bertz CT molecular complexity index is 1020. The Labute approximate surface area is 120 Å². The van der Waals surface area contributed by atoms with Gasteiger partial charge in [-0.25, -0.2) is 4.79 Å². The fourth-order valence-electron chi connectivity index (χ4n) is 2.98. The van der Waals surface area contributed by atoms with Gasteiger partial charge in [-0.1, -0.05) is 36.4 Å². The van der Waals surface area contributed by atoms with E-state index in [0.29, 0.717) is 12.2 Å². The molecule has 0 unspecified atom stereocenters. The van der Waals surface area contributed by atoms with Crippen LogP contribution in [0.2, 0.25) is 0 Å². The van der Waals surface area contributed by atoms with Crippen molar-refractivity contribution in [1.82, 2.24) is 0 Å². The lowest BCUT2D eigenvalue weighted by atomic mass is 9.96. The Hall–Kier alpha value is -2.81. The monoisotopic (exact) mass is 276 g/mol. The van der Waals surface area contributed by atoms with Crippen molar-refractivity contribution in [2.24, 2.45) is 0 Å². The van der Waals surface area contributed by atoms with Crippen molar-refractivity contribution in [3.05, 3.63) is 58.5 Å². The molecule has 0 amide bonds. The van der Waals surface area contributed by atoms with Crippen molar-refractivity contribution in [3.63, 3.8) is 0 Å². The second kappa shape index (κ2) is 4.35. The number of hydrogen-bond donors (Lipinski definition) is 1. The quantitative estimate of drug-likeness (QED) is 0.693. The molecular weight excluding hydrogens is 264 g/mol. The summed E-state index contributed by atoms with van der Waals surface area (Å²) in [7, 11) is 0. The number of benzene rings is 3. The Kier molecular flexibility index (Phi) is 2.48. The molecule has 1 aliphatic rings. The molecule has 0 saturated heterocycles. The van der Waals surface area contributed by atoms with Gasteiger partial charge in [0.05, 0.1) is 11.8 Å². The number of carbonyl (C=O) groups is 1. The first kappa shape index (κ1) is 12.0. The van der Waals surface area contributed by atoms with E-state index in [-0.39, 0.29) is 0 Å². The van der Waals surface area contributed by atoms with Gasteiger partial charge in [-0.2, -0.15) is 0 Å². The minimum absolute atomic E-state index is 0.332. The second-order valence-corrected chi connectivity index (χ2v) is 5.09. The molecule has 3 nitrogen and oxygen atoms in total. The summed E-state index contributed by atoms with van der Waals surface area (Å²) < 4.78 is 5.40. The molecule has 3 aromatic rings. The molecule has 3 heteroatoms. The molecule has 4 rings (SSSR count). The summed E-state index contributed by atoms with van der Waals surface area (Å²) in [6, 6.07) is 13.4. The van der Waals surface area contributed by atoms with E-state index in [1.807, 2.05) is 24.3 Å². The van der Waals surface area contributed by atoms with Crippen LogP contribution in [-0.4, -0.2) is 17.7 Å². The van der Waals surface area contributed by atoms with Crippen LogP contribution in [0.5, 0.6) is 0 Å². The van der Waals surface area contributed by atoms with Gasteiger partial charge in [0.25, 0.3) is 0 Å². The standard InChI is InChI=1S/C18H12O3/c19-18(20)16-3-1-2-12-13-5-4-11-8-9-21-10-17(11)15(13)7-6-14(12)16/h1-8,10H,9H2,(H,19,20). The number of aromatic carboxylic acids is 1. The Morgan fingerprint density at radius 3 is 2.57 bits per heavy atom. The van der Waals surface area contributed by atoms with Gasteiger partial charge in [-0.05, 0) is 38.9 Å². The van der Waals surface area contributed by atoms with E-state index in [1.54, 1.807) is 18.4 Å². The Balaban J connectivity index is 2.23. The van der Waals surface area contributed by atoms with Gasteiger partial charge in [-0.15, -0.1) is 0 Å². The summed E-state index contributed by atoms with van der Waals surface area (Å²) in [6.45, 7) is 0.593. The normalized spacial score (nSPS) is 13.1. The van der Waals surface area contributed by atoms with Crippen LogP contribution in [0.15, 0.2) is 42.5 Å². The lowest BCUT2D eigenvalue weighted by Crippen LogP contribution is -2.28. The zero-order valence-electron chi connectivity index (χ0n) is 11.2. The number of carboxylic acid groups (broad SMARTS) is 1. The number of fused-ring (bicyclic) bond motifs is 5. The number of rotatable bonds is 1. The van der Waals surface area contributed by atoms with Crippen molar-refractivity contribution >= 4 is 39.9 Å². The maximum Gasteiger partial charge on any atom is 0.336 e. The largest absolute Gasteiger partial charge is 0.496 e. The molecule has 1 N–H and O–H groups in total. The summed E-state index contributed by atoms with van der Waals surface area (Å²) in [5, 5.41) is 15.4. The molecule has 0 aromatic heterocycles. The SMILES string of the molecule is O=C(O)c1cccc2c1ccc1c3c(ccc12)=CCOC=3. The predicted molar refractivity (Wildman–Crippen MR) is 82.5 cm³/mol. The second-order valence-electron chi connectivity index (χ2n) is 5.09. The van der Waals surface area contributed by atoms with Crippen molar-refractivity contribution < 1.29 is 14.6 Å². The van der Waals surface area contributed by atoms with Crippen molar-refractivity contribution in [2.45, 2.75) is 0 Å².